The van der Waals surface area contributed by atoms with Crippen LogP contribution in [-0.2, 0) is 4.79 Å². The fourth-order valence-corrected chi connectivity index (χ4v) is 3.52. The molecule has 0 aromatic heterocycles. The number of nitrogens with zero attached hydrogens (tertiary/aromatic N) is 1. The third kappa shape index (κ3) is 3.82. The molecule has 2 N–H and O–H groups in total. The van der Waals surface area contributed by atoms with Crippen LogP contribution in [0.15, 0.2) is 40.2 Å². The second kappa shape index (κ2) is 7.61. The number of rotatable bonds is 3. The lowest BCUT2D eigenvalue weighted by Crippen LogP contribution is -2.19. The number of hydrogen-bond acceptors (Lipinski definition) is 5. The van der Waals surface area contributed by atoms with Crippen molar-refractivity contribution in [2.45, 2.75) is 6.92 Å². The van der Waals surface area contributed by atoms with Crippen LogP contribution < -0.4 is 10.1 Å². The van der Waals surface area contributed by atoms with Gasteiger partial charge < -0.3 is 15.2 Å². The van der Waals surface area contributed by atoms with Crippen LogP contribution in [0.3, 0.4) is 0 Å². The number of amides is 1. The fraction of sp³-hybridized carbons (Fsp3) is 0.111. The topological polar surface area (TPSA) is 70.9 Å². The average Bonchev–Trinajstić information content (AvgIpc) is 2.94. The molecule has 0 spiro atoms. The summed E-state index contributed by atoms with van der Waals surface area (Å²) in [5.41, 5.74) is 1.88. The summed E-state index contributed by atoms with van der Waals surface area (Å²) in [7, 11) is 1.43. The van der Waals surface area contributed by atoms with Crippen LogP contribution in [0.25, 0.3) is 6.08 Å². The van der Waals surface area contributed by atoms with Gasteiger partial charge in [0, 0.05) is 21.7 Å². The molecule has 1 amide bonds. The molecule has 0 aliphatic carbocycles. The van der Waals surface area contributed by atoms with Crippen LogP contribution in [0.1, 0.15) is 11.1 Å². The molecule has 0 unspecified atom stereocenters. The van der Waals surface area contributed by atoms with Gasteiger partial charge in [0.15, 0.2) is 16.7 Å². The molecule has 1 aliphatic rings. The van der Waals surface area contributed by atoms with E-state index >= 15 is 0 Å². The molecule has 0 saturated carbocycles. The van der Waals surface area contributed by atoms with Crippen LogP contribution in [-0.4, -0.2) is 23.3 Å². The van der Waals surface area contributed by atoms with E-state index in [0.717, 1.165) is 17.3 Å². The number of hydrogen-bond donors (Lipinski definition) is 2. The molecule has 8 heteroatoms. The van der Waals surface area contributed by atoms with E-state index in [1.807, 2.05) is 13.0 Å². The third-order valence-electron chi connectivity index (χ3n) is 3.69. The average molecular weight is 409 g/mol. The number of amidine groups is 1. The molecule has 0 radical (unpaired) electrons. The van der Waals surface area contributed by atoms with E-state index < -0.39 is 0 Å². The molecule has 0 bridgehead atoms. The molecule has 1 aliphatic heterocycles. The van der Waals surface area contributed by atoms with Crippen molar-refractivity contribution in [2.24, 2.45) is 4.99 Å². The molecular formula is C18H14Cl2N2O3S. The molecule has 2 aromatic carbocycles. The Morgan fingerprint density at radius 3 is 2.81 bits per heavy atom. The number of halogens is 2. The number of ether oxygens (including phenoxy) is 1. The number of benzene rings is 2. The first-order valence-corrected chi connectivity index (χ1v) is 9.07. The Hall–Kier alpha value is -2.15. The summed E-state index contributed by atoms with van der Waals surface area (Å²) in [5.74, 6) is -0.170. The molecule has 0 atom stereocenters. The standard InChI is InChI=1S/C18H14Cl2N2O3S/c1-9-12(20)4-3-5-13(9)21-18-22-17(24)15(26-18)7-10-6-11(19)8-14(25-2)16(10)23/h3-8,23H,1-2H3,(H,21,22,24)/b15-7+. The first-order valence-electron chi connectivity index (χ1n) is 7.50. The normalized spacial score (nSPS) is 17.0. The highest BCUT2D eigenvalue weighted by Gasteiger charge is 2.25. The first-order chi connectivity index (χ1) is 12.4. The van der Waals surface area contributed by atoms with Gasteiger partial charge in [-0.3, -0.25) is 4.79 Å². The number of methoxy groups -OCH3 is 1. The molecule has 134 valence electrons. The van der Waals surface area contributed by atoms with Gasteiger partial charge in [0.1, 0.15) is 0 Å². The largest absolute Gasteiger partial charge is 0.504 e. The van der Waals surface area contributed by atoms with Crippen molar-refractivity contribution in [1.82, 2.24) is 5.32 Å². The SMILES string of the molecule is COc1cc(Cl)cc(/C=C2/SC(=Nc3cccc(Cl)c3C)NC2=O)c1O. The van der Waals surface area contributed by atoms with Crippen molar-refractivity contribution < 1.29 is 14.6 Å². The van der Waals surface area contributed by atoms with Crippen molar-refractivity contribution in [1.29, 1.82) is 0 Å². The second-order valence-electron chi connectivity index (χ2n) is 5.41. The third-order valence-corrected chi connectivity index (χ3v) is 5.23. The number of phenolic OH excluding ortho intramolecular Hbond substituents is 1. The van der Waals surface area contributed by atoms with E-state index in [1.165, 1.54) is 19.3 Å². The van der Waals surface area contributed by atoms with E-state index in [0.29, 0.717) is 31.4 Å². The van der Waals surface area contributed by atoms with Gasteiger partial charge in [-0.1, -0.05) is 29.3 Å². The Labute approximate surface area is 164 Å². The molecule has 2 aromatic rings. The van der Waals surface area contributed by atoms with Crippen LogP contribution >= 0.6 is 35.0 Å². The Kier molecular flexibility index (Phi) is 5.46. The zero-order chi connectivity index (χ0) is 18.8. The lowest BCUT2D eigenvalue weighted by Gasteiger charge is -2.07. The molecule has 26 heavy (non-hydrogen) atoms. The highest BCUT2D eigenvalue weighted by molar-refractivity contribution is 8.18. The lowest BCUT2D eigenvalue weighted by atomic mass is 10.1. The second-order valence-corrected chi connectivity index (χ2v) is 7.29. The number of phenols is 1. The number of aliphatic imine (C=N–C) groups is 1. The zero-order valence-electron chi connectivity index (χ0n) is 13.8. The molecule has 1 saturated heterocycles. The van der Waals surface area contributed by atoms with Crippen molar-refractivity contribution in [3.05, 3.63) is 56.4 Å². The summed E-state index contributed by atoms with van der Waals surface area (Å²) >= 11 is 13.3. The van der Waals surface area contributed by atoms with Crippen LogP contribution in [0.4, 0.5) is 5.69 Å². The monoisotopic (exact) mass is 408 g/mol. The predicted octanol–water partition coefficient (Wildman–Crippen LogP) is 4.91. The van der Waals surface area contributed by atoms with Crippen LogP contribution in [0, 0.1) is 6.92 Å². The summed E-state index contributed by atoms with van der Waals surface area (Å²) in [6.45, 7) is 1.86. The maximum absolute atomic E-state index is 12.2. The van der Waals surface area contributed by atoms with Crippen molar-refractivity contribution in [3.8, 4) is 11.5 Å². The minimum Gasteiger partial charge on any atom is -0.504 e. The lowest BCUT2D eigenvalue weighted by molar-refractivity contribution is -0.115. The smallest absolute Gasteiger partial charge is 0.264 e. The number of carbonyl (C=O) groups is 1. The predicted molar refractivity (Wildman–Crippen MR) is 107 cm³/mol. The van der Waals surface area contributed by atoms with Crippen LogP contribution in [0.2, 0.25) is 10.0 Å². The maximum atomic E-state index is 12.2. The summed E-state index contributed by atoms with van der Waals surface area (Å²) in [6, 6.07) is 8.44. The minimum atomic E-state index is -0.313. The summed E-state index contributed by atoms with van der Waals surface area (Å²) < 4.78 is 5.07. The van der Waals surface area contributed by atoms with Gasteiger partial charge in [-0.05, 0) is 48.5 Å². The zero-order valence-corrected chi connectivity index (χ0v) is 16.2. The van der Waals surface area contributed by atoms with Gasteiger partial charge in [-0.25, -0.2) is 4.99 Å². The Balaban J connectivity index is 1.93. The van der Waals surface area contributed by atoms with Crippen LogP contribution in [0.5, 0.6) is 11.5 Å². The maximum Gasteiger partial charge on any atom is 0.264 e. The molecule has 3 rings (SSSR count). The van der Waals surface area contributed by atoms with E-state index in [2.05, 4.69) is 10.3 Å². The fourth-order valence-electron chi connectivity index (χ4n) is 2.31. The highest BCUT2D eigenvalue weighted by atomic mass is 35.5. The quantitative estimate of drug-likeness (QED) is 0.707. The van der Waals surface area contributed by atoms with Gasteiger partial charge >= 0.3 is 0 Å². The van der Waals surface area contributed by atoms with E-state index in [9.17, 15) is 9.90 Å². The first kappa shape index (κ1) is 18.6. The summed E-state index contributed by atoms with van der Waals surface area (Å²) in [6.07, 6.45) is 1.54. The van der Waals surface area contributed by atoms with Crippen molar-refractivity contribution >= 4 is 57.8 Å². The number of nitrogens with one attached hydrogen (secondary N) is 1. The number of thioether (sulfide) groups is 1. The Morgan fingerprint density at radius 1 is 1.31 bits per heavy atom. The summed E-state index contributed by atoms with van der Waals surface area (Å²) in [5, 5.41) is 14.3. The van der Waals surface area contributed by atoms with E-state index in [1.54, 1.807) is 18.2 Å². The van der Waals surface area contributed by atoms with Gasteiger partial charge in [0.25, 0.3) is 5.91 Å². The van der Waals surface area contributed by atoms with E-state index in [4.69, 9.17) is 27.9 Å². The Morgan fingerprint density at radius 2 is 2.08 bits per heavy atom. The number of carbonyl (C=O) groups excluding carboxylic acids is 1. The van der Waals surface area contributed by atoms with E-state index in [-0.39, 0.29) is 17.4 Å². The minimum absolute atomic E-state index is 0.0890. The van der Waals surface area contributed by atoms with Gasteiger partial charge in [-0.15, -0.1) is 0 Å². The summed E-state index contributed by atoms with van der Waals surface area (Å²) in [4.78, 5) is 17.1. The number of aromatic hydroxyl groups is 1. The molecular weight excluding hydrogens is 395 g/mol. The molecule has 1 heterocycles. The Bertz CT molecular complexity index is 958. The van der Waals surface area contributed by atoms with Crippen molar-refractivity contribution in [3.63, 3.8) is 0 Å². The molecule has 1 fully saturated rings. The van der Waals surface area contributed by atoms with Gasteiger partial charge in [-0.2, -0.15) is 0 Å². The van der Waals surface area contributed by atoms with Gasteiger partial charge in [0.2, 0.25) is 0 Å². The molecule has 5 nitrogen and oxygen atoms in total. The highest BCUT2D eigenvalue weighted by Crippen LogP contribution is 2.37. The van der Waals surface area contributed by atoms with Crippen molar-refractivity contribution in [2.75, 3.05) is 7.11 Å². The van der Waals surface area contributed by atoms with Gasteiger partial charge in [0.05, 0.1) is 17.7 Å².